The van der Waals surface area contributed by atoms with E-state index in [9.17, 15) is 9.59 Å². The van der Waals surface area contributed by atoms with E-state index in [-0.39, 0.29) is 6.03 Å². The van der Waals surface area contributed by atoms with Crippen LogP contribution in [0.1, 0.15) is 25.7 Å². The molecule has 1 aliphatic rings. The summed E-state index contributed by atoms with van der Waals surface area (Å²) in [6.07, 6.45) is 8.71. The number of likely N-dealkylation sites (tertiary alicyclic amines) is 1. The van der Waals surface area contributed by atoms with E-state index in [1.165, 1.54) is 0 Å². The van der Waals surface area contributed by atoms with Gasteiger partial charge in [0, 0.05) is 38.6 Å². The smallest absolute Gasteiger partial charge is 0.317 e. The quantitative estimate of drug-likeness (QED) is 0.771. The Hall–Kier alpha value is -2.05. The summed E-state index contributed by atoms with van der Waals surface area (Å²) in [4.78, 5) is 28.5. The van der Waals surface area contributed by atoms with Gasteiger partial charge in [0.25, 0.3) is 0 Å². The lowest BCUT2D eigenvalue weighted by atomic mass is 9.99. The lowest BCUT2D eigenvalue weighted by molar-refractivity contribution is -0.143. The van der Waals surface area contributed by atoms with Crippen LogP contribution in [0, 0.1) is 5.92 Å². The summed E-state index contributed by atoms with van der Waals surface area (Å²) in [7, 11) is 0. The predicted molar refractivity (Wildman–Crippen MR) is 76.8 cm³/mol. The van der Waals surface area contributed by atoms with Gasteiger partial charge in [-0.3, -0.25) is 4.79 Å². The highest BCUT2D eigenvalue weighted by Crippen LogP contribution is 2.16. The maximum absolute atomic E-state index is 12.0. The molecule has 1 aromatic rings. The first-order valence-electron chi connectivity index (χ1n) is 7.38. The molecule has 0 saturated carbocycles. The van der Waals surface area contributed by atoms with Crippen LogP contribution in [0.25, 0.3) is 0 Å². The van der Waals surface area contributed by atoms with E-state index < -0.39 is 11.9 Å². The van der Waals surface area contributed by atoms with Gasteiger partial charge in [-0.1, -0.05) is 0 Å². The average Bonchev–Trinajstić information content (AvgIpc) is 3.00. The summed E-state index contributed by atoms with van der Waals surface area (Å²) in [5.74, 6) is -1.24. The van der Waals surface area contributed by atoms with Gasteiger partial charge in [-0.15, -0.1) is 0 Å². The van der Waals surface area contributed by atoms with Crippen molar-refractivity contribution in [2.24, 2.45) is 5.92 Å². The fourth-order valence-electron chi connectivity index (χ4n) is 2.51. The molecule has 116 valence electrons. The highest BCUT2D eigenvalue weighted by Gasteiger charge is 2.27. The van der Waals surface area contributed by atoms with Gasteiger partial charge in [0.1, 0.15) is 0 Å². The van der Waals surface area contributed by atoms with Crippen molar-refractivity contribution >= 4 is 12.0 Å². The summed E-state index contributed by atoms with van der Waals surface area (Å²) in [5, 5.41) is 11.9. The molecular formula is C14H22N4O3. The summed E-state index contributed by atoms with van der Waals surface area (Å²) in [5.41, 5.74) is 0. The molecule has 0 spiro atoms. The lowest BCUT2D eigenvalue weighted by Gasteiger charge is -2.30. The zero-order chi connectivity index (χ0) is 15.1. The third kappa shape index (κ3) is 4.77. The third-order valence-electron chi connectivity index (χ3n) is 3.74. The summed E-state index contributed by atoms with van der Waals surface area (Å²) in [6.45, 7) is 2.46. The van der Waals surface area contributed by atoms with Crippen LogP contribution in [0.4, 0.5) is 4.79 Å². The number of rotatable bonds is 6. The number of carbonyl (C=O) groups is 2. The lowest BCUT2D eigenvalue weighted by Crippen LogP contribution is -2.47. The van der Waals surface area contributed by atoms with Crippen LogP contribution in [-0.4, -0.2) is 51.2 Å². The Labute approximate surface area is 124 Å². The van der Waals surface area contributed by atoms with Gasteiger partial charge in [0.05, 0.1) is 12.2 Å². The maximum atomic E-state index is 12.0. The molecule has 7 nitrogen and oxygen atoms in total. The van der Waals surface area contributed by atoms with Crippen molar-refractivity contribution in [2.75, 3.05) is 19.6 Å². The summed E-state index contributed by atoms with van der Waals surface area (Å²) in [6, 6.07) is -0.149. The van der Waals surface area contributed by atoms with Gasteiger partial charge in [-0.2, -0.15) is 0 Å². The first-order chi connectivity index (χ1) is 10.2. The van der Waals surface area contributed by atoms with E-state index in [0.717, 1.165) is 25.8 Å². The number of nitrogens with one attached hydrogen (secondary N) is 1. The molecule has 1 saturated heterocycles. The number of carboxylic acids is 1. The molecule has 1 aromatic heterocycles. The van der Waals surface area contributed by atoms with Crippen LogP contribution in [0.2, 0.25) is 0 Å². The molecule has 0 aromatic carbocycles. The first-order valence-corrected chi connectivity index (χ1v) is 7.38. The Kier molecular flexibility index (Phi) is 5.59. The molecule has 0 unspecified atom stereocenters. The summed E-state index contributed by atoms with van der Waals surface area (Å²) < 4.78 is 2.00. The zero-order valence-corrected chi connectivity index (χ0v) is 12.1. The number of hydrogen-bond donors (Lipinski definition) is 2. The van der Waals surface area contributed by atoms with Crippen molar-refractivity contribution in [1.82, 2.24) is 19.8 Å². The molecule has 0 radical (unpaired) electrons. The number of unbranched alkanes of at least 4 members (excludes halogenated alkanes) is 1. The van der Waals surface area contributed by atoms with Crippen LogP contribution in [-0.2, 0) is 11.3 Å². The second-order valence-electron chi connectivity index (χ2n) is 5.36. The van der Waals surface area contributed by atoms with Crippen LogP contribution in [0.5, 0.6) is 0 Å². The van der Waals surface area contributed by atoms with Crippen molar-refractivity contribution in [3.05, 3.63) is 18.7 Å². The number of imidazole rings is 1. The van der Waals surface area contributed by atoms with Gasteiger partial charge in [-0.05, 0) is 25.7 Å². The van der Waals surface area contributed by atoms with E-state index in [1.807, 2.05) is 10.8 Å². The normalized spacial score (nSPS) is 18.5. The number of aromatic nitrogens is 2. The summed E-state index contributed by atoms with van der Waals surface area (Å²) >= 11 is 0. The largest absolute Gasteiger partial charge is 0.481 e. The number of aryl methyl sites for hydroxylation is 1. The molecule has 1 fully saturated rings. The van der Waals surface area contributed by atoms with Crippen molar-refractivity contribution in [2.45, 2.75) is 32.2 Å². The van der Waals surface area contributed by atoms with Crippen molar-refractivity contribution in [1.29, 1.82) is 0 Å². The average molecular weight is 294 g/mol. The van der Waals surface area contributed by atoms with Crippen LogP contribution >= 0.6 is 0 Å². The molecular weight excluding hydrogens is 272 g/mol. The molecule has 0 aliphatic carbocycles. The second-order valence-corrected chi connectivity index (χ2v) is 5.36. The predicted octanol–water partition coefficient (Wildman–Crippen LogP) is 1.17. The van der Waals surface area contributed by atoms with Gasteiger partial charge in [0.2, 0.25) is 0 Å². The number of hydrogen-bond acceptors (Lipinski definition) is 3. The SMILES string of the molecule is O=C(O)[C@H]1CCCN(C(=O)NCCCCn2ccnc2)C1. The van der Waals surface area contributed by atoms with Gasteiger partial charge < -0.3 is 19.9 Å². The second kappa shape index (κ2) is 7.66. The number of urea groups is 1. The fraction of sp³-hybridized carbons (Fsp3) is 0.643. The monoisotopic (exact) mass is 294 g/mol. The van der Waals surface area contributed by atoms with E-state index in [0.29, 0.717) is 26.1 Å². The Morgan fingerprint density at radius 3 is 2.95 bits per heavy atom. The van der Waals surface area contributed by atoms with Crippen molar-refractivity contribution < 1.29 is 14.7 Å². The van der Waals surface area contributed by atoms with E-state index in [4.69, 9.17) is 5.11 Å². The molecule has 0 bridgehead atoms. The minimum absolute atomic E-state index is 0.149. The molecule has 7 heteroatoms. The highest BCUT2D eigenvalue weighted by molar-refractivity contribution is 5.76. The first kappa shape index (κ1) is 15.3. The zero-order valence-electron chi connectivity index (χ0n) is 12.1. The molecule has 1 atom stereocenters. The van der Waals surface area contributed by atoms with Gasteiger partial charge >= 0.3 is 12.0 Å². The Morgan fingerprint density at radius 1 is 1.38 bits per heavy atom. The fourth-order valence-corrected chi connectivity index (χ4v) is 2.51. The Morgan fingerprint density at radius 2 is 2.24 bits per heavy atom. The number of nitrogens with zero attached hydrogens (tertiary/aromatic N) is 3. The van der Waals surface area contributed by atoms with E-state index in [1.54, 1.807) is 17.4 Å². The maximum Gasteiger partial charge on any atom is 0.317 e. The highest BCUT2D eigenvalue weighted by atomic mass is 16.4. The molecule has 2 heterocycles. The molecule has 1 aliphatic heterocycles. The van der Waals surface area contributed by atoms with Crippen molar-refractivity contribution in [3.63, 3.8) is 0 Å². The Bertz CT molecular complexity index is 461. The molecule has 2 N–H and O–H groups in total. The number of carbonyl (C=O) groups excluding carboxylic acids is 1. The van der Waals surface area contributed by atoms with Gasteiger partial charge in [0.15, 0.2) is 0 Å². The minimum atomic E-state index is -0.812. The van der Waals surface area contributed by atoms with E-state index in [2.05, 4.69) is 10.3 Å². The van der Waals surface area contributed by atoms with E-state index >= 15 is 0 Å². The van der Waals surface area contributed by atoms with Crippen molar-refractivity contribution in [3.8, 4) is 0 Å². The third-order valence-corrected chi connectivity index (χ3v) is 3.74. The standard InChI is InChI=1S/C14H22N4O3/c19-13(20)12-4-3-8-18(10-12)14(21)16-5-1-2-7-17-9-6-15-11-17/h6,9,11-12H,1-5,7-8,10H2,(H,16,21)(H,19,20)/t12-/m0/s1. The Balaban J connectivity index is 1.61. The number of carboxylic acid groups (broad SMARTS) is 1. The molecule has 21 heavy (non-hydrogen) atoms. The van der Waals surface area contributed by atoms with Crippen LogP contribution in [0.3, 0.4) is 0 Å². The van der Waals surface area contributed by atoms with Crippen LogP contribution in [0.15, 0.2) is 18.7 Å². The topological polar surface area (TPSA) is 87.5 Å². The van der Waals surface area contributed by atoms with Gasteiger partial charge in [-0.25, -0.2) is 9.78 Å². The molecule has 2 amide bonds. The number of piperidine rings is 1. The van der Waals surface area contributed by atoms with Crippen LogP contribution < -0.4 is 5.32 Å². The number of amides is 2. The minimum Gasteiger partial charge on any atom is -0.481 e. The molecule has 2 rings (SSSR count). The number of aliphatic carboxylic acids is 1.